The minimum absolute atomic E-state index is 0.509. The van der Waals surface area contributed by atoms with Gasteiger partial charge in [0.05, 0.1) is 6.33 Å². The van der Waals surface area contributed by atoms with Crippen molar-refractivity contribution in [1.82, 2.24) is 0 Å². The first-order chi connectivity index (χ1) is 2.81. The van der Waals surface area contributed by atoms with Crippen LogP contribution in [0.2, 0.25) is 0 Å². The molecule has 0 aromatic rings. The standard InChI is InChI=1S/C3H3Br2F/c4-1-3(5)2-6/h2H,1H2/b3-2-. The van der Waals surface area contributed by atoms with Gasteiger partial charge in [0, 0.05) is 9.81 Å². The number of hydrogen-bond donors (Lipinski definition) is 0. The highest BCUT2D eigenvalue weighted by Crippen LogP contribution is 2.06. The van der Waals surface area contributed by atoms with Crippen LogP contribution in [0.1, 0.15) is 0 Å². The topological polar surface area (TPSA) is 0 Å². The van der Waals surface area contributed by atoms with E-state index < -0.39 is 0 Å². The van der Waals surface area contributed by atoms with E-state index in [0.29, 0.717) is 16.1 Å². The number of halogens is 3. The fraction of sp³-hybridized carbons (Fsp3) is 0.333. The molecule has 0 aliphatic heterocycles. The molecule has 0 aliphatic carbocycles. The van der Waals surface area contributed by atoms with Crippen LogP contribution in [0.15, 0.2) is 10.8 Å². The summed E-state index contributed by atoms with van der Waals surface area (Å²) in [4.78, 5) is 0. The quantitative estimate of drug-likeness (QED) is 0.593. The Morgan fingerprint density at radius 2 is 2.33 bits per heavy atom. The highest BCUT2D eigenvalue weighted by atomic mass is 79.9. The lowest BCUT2D eigenvalue weighted by molar-refractivity contribution is 0.718. The Morgan fingerprint density at radius 3 is 2.33 bits per heavy atom. The molecule has 6 heavy (non-hydrogen) atoms. The van der Waals surface area contributed by atoms with Crippen molar-refractivity contribution in [3.05, 3.63) is 10.8 Å². The summed E-state index contributed by atoms with van der Waals surface area (Å²) in [5.41, 5.74) is 0. The fourth-order valence-corrected chi connectivity index (χ4v) is 0.152. The number of rotatable bonds is 1. The van der Waals surface area contributed by atoms with Gasteiger partial charge in [-0.2, -0.15) is 0 Å². The van der Waals surface area contributed by atoms with Crippen molar-refractivity contribution in [3.63, 3.8) is 0 Å². The van der Waals surface area contributed by atoms with Crippen molar-refractivity contribution in [2.24, 2.45) is 0 Å². The average molecular weight is 218 g/mol. The van der Waals surface area contributed by atoms with Gasteiger partial charge in [-0.05, 0) is 0 Å². The minimum atomic E-state index is 0.509. The summed E-state index contributed by atoms with van der Waals surface area (Å²) in [5, 5.41) is 0.545. The molecule has 0 aromatic heterocycles. The molecule has 0 nitrogen and oxygen atoms in total. The number of hydrogen-bond acceptors (Lipinski definition) is 0. The van der Waals surface area contributed by atoms with Crippen LogP contribution in [0.5, 0.6) is 0 Å². The van der Waals surface area contributed by atoms with E-state index in [1.54, 1.807) is 0 Å². The summed E-state index contributed by atoms with van der Waals surface area (Å²) in [6.45, 7) is 0. The van der Waals surface area contributed by atoms with Gasteiger partial charge in [0.1, 0.15) is 0 Å². The molecule has 0 heterocycles. The third-order valence-electron chi connectivity index (χ3n) is 0.246. The Balaban J connectivity index is 3.22. The van der Waals surface area contributed by atoms with E-state index in [9.17, 15) is 4.39 Å². The SMILES string of the molecule is F/C=C(\Br)CBr. The molecule has 0 aliphatic rings. The number of allylic oxidation sites excluding steroid dienone is 1. The molecular formula is C3H3Br2F. The first kappa shape index (κ1) is 6.63. The Morgan fingerprint density at radius 1 is 1.83 bits per heavy atom. The largest absolute Gasteiger partial charge is 0.215 e. The van der Waals surface area contributed by atoms with Gasteiger partial charge in [0.2, 0.25) is 0 Å². The number of alkyl halides is 1. The highest BCUT2D eigenvalue weighted by molar-refractivity contribution is 9.13. The minimum Gasteiger partial charge on any atom is -0.215 e. The van der Waals surface area contributed by atoms with Crippen LogP contribution in [-0.2, 0) is 0 Å². The Bertz CT molecular complexity index is 59.8. The molecule has 0 fully saturated rings. The van der Waals surface area contributed by atoms with E-state index in [1.165, 1.54) is 0 Å². The average Bonchev–Trinajstić information content (AvgIpc) is 1.65. The molecule has 0 saturated carbocycles. The molecule has 0 amide bonds. The third kappa shape index (κ3) is 2.85. The van der Waals surface area contributed by atoms with Gasteiger partial charge < -0.3 is 0 Å². The molecule has 0 aromatic carbocycles. The molecule has 0 N–H and O–H groups in total. The van der Waals surface area contributed by atoms with Crippen molar-refractivity contribution in [2.45, 2.75) is 0 Å². The normalized spacial score (nSPS) is 12.2. The van der Waals surface area contributed by atoms with E-state index in [1.807, 2.05) is 0 Å². The zero-order valence-corrected chi connectivity index (χ0v) is 6.09. The fourth-order valence-electron chi connectivity index (χ4n) is 0.0292. The van der Waals surface area contributed by atoms with E-state index >= 15 is 0 Å². The van der Waals surface area contributed by atoms with E-state index in [2.05, 4.69) is 31.9 Å². The molecule has 0 radical (unpaired) electrons. The Labute approximate surface area is 52.7 Å². The Kier molecular flexibility index (Phi) is 4.21. The zero-order valence-electron chi connectivity index (χ0n) is 2.92. The third-order valence-corrected chi connectivity index (χ3v) is 2.06. The van der Waals surface area contributed by atoms with E-state index in [0.717, 1.165) is 0 Å². The zero-order chi connectivity index (χ0) is 4.99. The summed E-state index contributed by atoms with van der Waals surface area (Å²) in [7, 11) is 0. The molecule has 0 bridgehead atoms. The second-order valence-electron chi connectivity index (χ2n) is 0.690. The second-order valence-corrected chi connectivity index (χ2v) is 2.27. The summed E-state index contributed by atoms with van der Waals surface area (Å²) in [6, 6.07) is 0. The molecule has 36 valence electrons. The molecule has 0 spiro atoms. The highest BCUT2D eigenvalue weighted by Gasteiger charge is 1.80. The van der Waals surface area contributed by atoms with Crippen LogP contribution in [0.3, 0.4) is 0 Å². The molecule has 0 atom stereocenters. The van der Waals surface area contributed by atoms with Crippen molar-refractivity contribution in [1.29, 1.82) is 0 Å². The van der Waals surface area contributed by atoms with Gasteiger partial charge in [-0.1, -0.05) is 31.9 Å². The van der Waals surface area contributed by atoms with Gasteiger partial charge in [-0.3, -0.25) is 0 Å². The monoisotopic (exact) mass is 216 g/mol. The molecular weight excluding hydrogens is 215 g/mol. The lowest BCUT2D eigenvalue weighted by Crippen LogP contribution is -1.62. The summed E-state index contributed by atoms with van der Waals surface area (Å²) in [5.74, 6) is 0. The van der Waals surface area contributed by atoms with Gasteiger partial charge >= 0.3 is 0 Å². The van der Waals surface area contributed by atoms with Crippen LogP contribution in [0, 0.1) is 0 Å². The van der Waals surface area contributed by atoms with E-state index in [4.69, 9.17) is 0 Å². The predicted molar refractivity (Wildman–Crippen MR) is 31.9 cm³/mol. The van der Waals surface area contributed by atoms with E-state index in [-0.39, 0.29) is 0 Å². The maximum atomic E-state index is 11.1. The smallest absolute Gasteiger partial charge is 0.0976 e. The second kappa shape index (κ2) is 3.81. The van der Waals surface area contributed by atoms with Crippen LogP contribution in [0.4, 0.5) is 4.39 Å². The van der Waals surface area contributed by atoms with Gasteiger partial charge in [-0.25, -0.2) is 4.39 Å². The van der Waals surface area contributed by atoms with Crippen molar-refractivity contribution < 1.29 is 4.39 Å². The maximum Gasteiger partial charge on any atom is 0.0976 e. The van der Waals surface area contributed by atoms with Gasteiger partial charge in [-0.15, -0.1) is 0 Å². The van der Waals surface area contributed by atoms with Gasteiger partial charge in [0.25, 0.3) is 0 Å². The van der Waals surface area contributed by atoms with Crippen LogP contribution in [0.25, 0.3) is 0 Å². The maximum absolute atomic E-state index is 11.1. The van der Waals surface area contributed by atoms with Gasteiger partial charge in [0.15, 0.2) is 0 Å². The first-order valence-corrected chi connectivity index (χ1v) is 3.23. The molecule has 0 rings (SSSR count). The van der Waals surface area contributed by atoms with Crippen LogP contribution < -0.4 is 0 Å². The van der Waals surface area contributed by atoms with Crippen molar-refractivity contribution in [3.8, 4) is 0 Å². The van der Waals surface area contributed by atoms with Crippen molar-refractivity contribution in [2.75, 3.05) is 5.33 Å². The molecule has 0 unspecified atom stereocenters. The van der Waals surface area contributed by atoms with Crippen LogP contribution in [-0.4, -0.2) is 5.33 Å². The lowest BCUT2D eigenvalue weighted by atomic mass is 10.8. The molecule has 3 heteroatoms. The summed E-state index contributed by atoms with van der Waals surface area (Å²) >= 11 is 5.93. The van der Waals surface area contributed by atoms with Crippen LogP contribution >= 0.6 is 31.9 Å². The summed E-state index contributed by atoms with van der Waals surface area (Å²) in [6.07, 6.45) is 0.509. The first-order valence-electron chi connectivity index (χ1n) is 1.32. The Hall–Kier alpha value is 0.630. The summed E-state index contributed by atoms with van der Waals surface area (Å²) < 4.78 is 11.7. The molecule has 0 saturated heterocycles. The lowest BCUT2D eigenvalue weighted by Gasteiger charge is -1.77. The van der Waals surface area contributed by atoms with Crippen molar-refractivity contribution >= 4 is 31.9 Å². The predicted octanol–water partition coefficient (Wildman–Crippen LogP) is 2.59.